The minimum absolute atomic E-state index is 0.000202. The predicted octanol–water partition coefficient (Wildman–Crippen LogP) is 5.86. The molecule has 1 N–H and O–H groups in total. The molecule has 0 spiro atoms. The molecule has 2 unspecified atom stereocenters. The Hall–Kier alpha value is -4.93. The Balaban J connectivity index is 1.64. The Morgan fingerprint density at radius 1 is 0.979 bits per heavy atom. The number of carbonyl (C=O) groups excluding carboxylic acids is 2. The highest BCUT2D eigenvalue weighted by Gasteiger charge is 2.49. The van der Waals surface area contributed by atoms with Gasteiger partial charge in [0.15, 0.2) is 0 Å². The number of amides is 2. The zero-order valence-corrected chi connectivity index (χ0v) is 25.0. The molecule has 1 aliphatic heterocycles. The molecule has 5 rings (SSSR count). The molecule has 17 heteroatoms. The van der Waals surface area contributed by atoms with Crippen LogP contribution in [0, 0.1) is 12.7 Å². The van der Waals surface area contributed by atoms with Gasteiger partial charge in [-0.1, -0.05) is 24.3 Å². The number of aromatic nitrogens is 2. The molecule has 0 radical (unpaired) electrons. The Morgan fingerprint density at radius 3 is 2.26 bits per heavy atom. The van der Waals surface area contributed by atoms with Crippen molar-refractivity contribution in [1.29, 1.82) is 0 Å². The topological polar surface area (TPSA) is 111 Å². The molecule has 1 aliphatic rings. The van der Waals surface area contributed by atoms with Crippen LogP contribution in [-0.4, -0.2) is 48.1 Å². The Labute approximate surface area is 262 Å². The molecular formula is C30H23F7N4O5S. The first-order valence-electron chi connectivity index (χ1n) is 13.7. The van der Waals surface area contributed by atoms with Crippen LogP contribution in [0.1, 0.15) is 45.6 Å². The lowest BCUT2D eigenvalue weighted by Crippen LogP contribution is -2.55. The van der Waals surface area contributed by atoms with E-state index in [0.29, 0.717) is 17.2 Å². The van der Waals surface area contributed by atoms with Gasteiger partial charge >= 0.3 is 21.8 Å². The second-order valence-corrected chi connectivity index (χ2v) is 11.9. The number of hydrogen-bond acceptors (Lipinski definition) is 6. The molecule has 248 valence electrons. The number of alkyl halides is 6. The number of hydrogen-bond donors (Lipinski definition) is 1. The molecule has 0 bridgehead atoms. The molecule has 2 atom stereocenters. The lowest BCUT2D eigenvalue weighted by Gasteiger charge is -2.38. The number of aryl methyl sites for hydroxylation is 1. The van der Waals surface area contributed by atoms with Crippen molar-refractivity contribution in [3.8, 4) is 11.4 Å². The summed E-state index contributed by atoms with van der Waals surface area (Å²) in [7, 11) is -6.01. The van der Waals surface area contributed by atoms with Gasteiger partial charge in [0.2, 0.25) is 0 Å². The van der Waals surface area contributed by atoms with Gasteiger partial charge in [0.05, 0.1) is 16.9 Å². The van der Waals surface area contributed by atoms with Gasteiger partial charge in [-0.3, -0.25) is 14.5 Å². The number of fused-ring (bicyclic) bond motifs is 1. The first-order valence-corrected chi connectivity index (χ1v) is 15.1. The van der Waals surface area contributed by atoms with Crippen LogP contribution < -0.4 is 14.4 Å². The number of anilines is 1. The largest absolute Gasteiger partial charge is 0.534 e. The fourth-order valence-electron chi connectivity index (χ4n) is 5.29. The minimum atomic E-state index is -6.01. The van der Waals surface area contributed by atoms with E-state index in [9.17, 15) is 48.7 Å². The minimum Gasteiger partial charge on any atom is -0.376 e. The van der Waals surface area contributed by atoms with Gasteiger partial charge < -0.3 is 9.50 Å². The van der Waals surface area contributed by atoms with E-state index in [4.69, 9.17) is 0 Å². The molecular weight excluding hydrogens is 661 g/mol. The maximum Gasteiger partial charge on any atom is 0.534 e. The van der Waals surface area contributed by atoms with Gasteiger partial charge in [0.25, 0.3) is 11.8 Å². The van der Waals surface area contributed by atoms with Gasteiger partial charge in [-0.2, -0.15) is 39.9 Å². The summed E-state index contributed by atoms with van der Waals surface area (Å²) in [5.41, 5.74) is -6.26. The van der Waals surface area contributed by atoms with Crippen molar-refractivity contribution >= 4 is 27.8 Å². The molecule has 47 heavy (non-hydrogen) atoms. The van der Waals surface area contributed by atoms with Crippen LogP contribution >= 0.6 is 0 Å². The summed E-state index contributed by atoms with van der Waals surface area (Å²) in [6, 6.07) is 11.6. The number of rotatable bonds is 7. The smallest absolute Gasteiger partial charge is 0.376 e. The molecule has 4 aromatic rings. The van der Waals surface area contributed by atoms with Crippen LogP contribution in [0.25, 0.3) is 5.69 Å². The number of nitrogens with zero attached hydrogens (tertiary/aromatic N) is 3. The van der Waals surface area contributed by atoms with E-state index < -0.39 is 62.7 Å². The molecule has 0 aliphatic carbocycles. The van der Waals surface area contributed by atoms with Crippen LogP contribution in [-0.2, 0) is 21.1 Å². The third-order valence-corrected chi connectivity index (χ3v) is 8.33. The van der Waals surface area contributed by atoms with Crippen molar-refractivity contribution in [3.05, 3.63) is 107 Å². The highest BCUT2D eigenvalue weighted by atomic mass is 32.2. The second-order valence-electron chi connectivity index (χ2n) is 10.4. The molecule has 0 saturated carbocycles. The van der Waals surface area contributed by atoms with Crippen LogP contribution in [0.5, 0.6) is 5.75 Å². The van der Waals surface area contributed by atoms with Gasteiger partial charge in [-0.05, 0) is 61.9 Å². The van der Waals surface area contributed by atoms with E-state index in [-0.39, 0.29) is 29.3 Å². The fraction of sp³-hybridized carbons (Fsp3) is 0.233. The zero-order chi connectivity index (χ0) is 34.5. The summed E-state index contributed by atoms with van der Waals surface area (Å²) in [5, 5.41) is 7.00. The molecule has 0 fully saturated rings. The predicted molar refractivity (Wildman–Crippen MR) is 153 cm³/mol. The quantitative estimate of drug-likeness (QED) is 0.148. The van der Waals surface area contributed by atoms with E-state index in [2.05, 4.69) is 14.6 Å². The van der Waals surface area contributed by atoms with E-state index in [1.54, 1.807) is 6.92 Å². The van der Waals surface area contributed by atoms with Gasteiger partial charge in [-0.25, -0.2) is 9.07 Å². The summed E-state index contributed by atoms with van der Waals surface area (Å²) in [5.74, 6) is -4.02. The van der Waals surface area contributed by atoms with E-state index in [1.807, 2.05) is 0 Å². The summed E-state index contributed by atoms with van der Waals surface area (Å²) < 4.78 is 122. The van der Waals surface area contributed by atoms with E-state index in [0.717, 1.165) is 42.5 Å². The van der Waals surface area contributed by atoms with Gasteiger partial charge in [0, 0.05) is 29.7 Å². The third kappa shape index (κ3) is 6.39. The average molecular weight is 685 g/mol. The van der Waals surface area contributed by atoms with Crippen molar-refractivity contribution < 1.29 is 52.9 Å². The SMILES string of the molecule is CCN1C(=O)C(NC(=O)c2cccc(C(F)(F)F)c2)C(c2ccc(F)cc2)c2c(C)nn(-c3cccc(OS(=O)(=O)C(F)(F)F)c3)c21. The third-order valence-electron chi connectivity index (χ3n) is 7.35. The van der Waals surface area contributed by atoms with E-state index >= 15 is 0 Å². The molecule has 3 aromatic carbocycles. The van der Waals surface area contributed by atoms with Crippen molar-refractivity contribution in [2.24, 2.45) is 0 Å². The van der Waals surface area contributed by atoms with Crippen LogP contribution in [0.15, 0.2) is 72.8 Å². The molecule has 9 nitrogen and oxygen atoms in total. The molecule has 2 amide bonds. The summed E-state index contributed by atoms with van der Waals surface area (Å²) >= 11 is 0. The molecule has 0 saturated heterocycles. The lowest BCUT2D eigenvalue weighted by atomic mass is 9.81. The first kappa shape index (κ1) is 33.4. The van der Waals surface area contributed by atoms with Crippen LogP contribution in [0.3, 0.4) is 0 Å². The standard InChI is InChI=1S/C30H23F7N4O5S/c1-3-40-27-23(16(2)39-41(27)21-8-5-9-22(15-21)46-47(44,45)30(35,36)37)24(17-10-12-20(31)13-11-17)25(28(40)43)38-26(42)18-6-4-7-19(14-18)29(32,33)34/h4-15,24-25H,3H2,1-2H3,(H,38,42). The highest BCUT2D eigenvalue weighted by molar-refractivity contribution is 7.88. The highest BCUT2D eigenvalue weighted by Crippen LogP contribution is 2.44. The molecule has 1 aromatic heterocycles. The Bertz CT molecular complexity index is 1960. The fourth-order valence-corrected chi connectivity index (χ4v) is 5.75. The number of likely N-dealkylation sites (N-methyl/N-ethyl adjacent to an activating group) is 1. The maximum atomic E-state index is 14.1. The number of halogens is 7. The Morgan fingerprint density at radius 2 is 1.64 bits per heavy atom. The van der Waals surface area contributed by atoms with Crippen molar-refractivity contribution in [2.75, 3.05) is 11.4 Å². The van der Waals surface area contributed by atoms with Crippen molar-refractivity contribution in [1.82, 2.24) is 15.1 Å². The number of carbonyl (C=O) groups is 2. The summed E-state index contributed by atoms with van der Waals surface area (Å²) in [4.78, 5) is 28.6. The van der Waals surface area contributed by atoms with Crippen LogP contribution in [0.2, 0.25) is 0 Å². The normalized spacial score (nSPS) is 17.0. The Kier molecular flexibility index (Phi) is 8.55. The average Bonchev–Trinajstić information content (AvgIpc) is 3.33. The van der Waals surface area contributed by atoms with Crippen molar-refractivity contribution in [2.45, 2.75) is 37.5 Å². The lowest BCUT2D eigenvalue weighted by molar-refractivity contribution is -0.137. The zero-order valence-electron chi connectivity index (χ0n) is 24.2. The van der Waals surface area contributed by atoms with Crippen molar-refractivity contribution in [3.63, 3.8) is 0 Å². The summed E-state index contributed by atoms with van der Waals surface area (Å²) in [6.07, 6.45) is -4.74. The number of benzene rings is 3. The van der Waals surface area contributed by atoms with E-state index in [1.165, 1.54) is 40.8 Å². The number of nitrogens with one attached hydrogen (secondary N) is 1. The van der Waals surface area contributed by atoms with Gasteiger partial charge in [0.1, 0.15) is 23.4 Å². The monoisotopic (exact) mass is 684 g/mol. The van der Waals surface area contributed by atoms with Gasteiger partial charge in [-0.15, -0.1) is 0 Å². The maximum absolute atomic E-state index is 14.1. The second kappa shape index (κ2) is 12.0. The first-order chi connectivity index (χ1) is 21.9. The molecule has 2 heterocycles. The van der Waals surface area contributed by atoms with Crippen LogP contribution in [0.4, 0.5) is 36.6 Å². The summed E-state index contributed by atoms with van der Waals surface area (Å²) in [6.45, 7) is 3.07.